The zero-order valence-corrected chi connectivity index (χ0v) is 12.6. The highest BCUT2D eigenvalue weighted by Crippen LogP contribution is 2.37. The van der Waals surface area contributed by atoms with Gasteiger partial charge in [0.15, 0.2) is 0 Å². The van der Waals surface area contributed by atoms with Crippen molar-refractivity contribution in [1.29, 1.82) is 0 Å². The lowest BCUT2D eigenvalue weighted by molar-refractivity contribution is -0.133. The molecule has 1 aliphatic carbocycles. The first-order chi connectivity index (χ1) is 9.52. The first kappa shape index (κ1) is 13.8. The van der Waals surface area contributed by atoms with Gasteiger partial charge in [0.1, 0.15) is 15.6 Å². The minimum Gasteiger partial charge on any atom is -0.323 e. The molecule has 3 rings (SSSR count). The molecule has 0 aromatic carbocycles. The number of carbonyl (C=O) groups excluding carboxylic acids is 2. The maximum absolute atomic E-state index is 12.6. The molecule has 2 heterocycles. The summed E-state index contributed by atoms with van der Waals surface area (Å²) < 4.78 is 4.14. The zero-order valence-electron chi connectivity index (χ0n) is 11.1. The van der Waals surface area contributed by atoms with Crippen LogP contribution in [0, 0.1) is 5.92 Å². The molecule has 1 aromatic rings. The maximum Gasteiger partial charge on any atom is 0.325 e. The second kappa shape index (κ2) is 4.96. The lowest BCUT2D eigenvalue weighted by Crippen LogP contribution is -2.49. The highest BCUT2D eigenvalue weighted by molar-refractivity contribution is 7.10. The number of urea groups is 1. The van der Waals surface area contributed by atoms with E-state index in [1.807, 2.05) is 0 Å². The number of halogens is 1. The van der Waals surface area contributed by atoms with Crippen LogP contribution in [-0.2, 0) is 11.3 Å². The molecule has 20 heavy (non-hydrogen) atoms. The molecule has 2 aliphatic rings. The molecule has 1 aliphatic heterocycles. The van der Waals surface area contributed by atoms with E-state index in [1.54, 1.807) is 0 Å². The summed E-state index contributed by atoms with van der Waals surface area (Å²) in [7, 11) is 0. The van der Waals surface area contributed by atoms with Gasteiger partial charge in [-0.2, -0.15) is 0 Å². The van der Waals surface area contributed by atoms with Gasteiger partial charge in [0.25, 0.3) is 5.91 Å². The molecule has 1 saturated carbocycles. The molecule has 1 N–H and O–H groups in total. The predicted molar refractivity (Wildman–Crippen MR) is 74.4 cm³/mol. The summed E-state index contributed by atoms with van der Waals surface area (Å²) in [5.41, 5.74) is -0.235. The standard InChI is InChI=1S/C12H15ClN4O2S/c1-7-2-4-12(5-3-7)10(18)17(11(19)14-12)6-8-9(13)20-16-15-8/h7H,2-6H2,1H3,(H,14,19). The number of nitrogens with one attached hydrogen (secondary N) is 1. The van der Waals surface area contributed by atoms with Crippen LogP contribution in [0.1, 0.15) is 38.3 Å². The molecule has 3 amide bonds. The summed E-state index contributed by atoms with van der Waals surface area (Å²) >= 11 is 6.99. The van der Waals surface area contributed by atoms with E-state index in [9.17, 15) is 9.59 Å². The normalized spacial score (nSPS) is 30.1. The summed E-state index contributed by atoms with van der Waals surface area (Å²) in [4.78, 5) is 25.9. The van der Waals surface area contributed by atoms with Crippen LogP contribution in [-0.4, -0.2) is 32.0 Å². The molecule has 1 saturated heterocycles. The molecule has 108 valence electrons. The smallest absolute Gasteiger partial charge is 0.323 e. The Bertz CT molecular complexity index is 553. The van der Waals surface area contributed by atoms with Crippen LogP contribution in [0.25, 0.3) is 0 Å². The fourth-order valence-corrected chi connectivity index (χ4v) is 3.47. The van der Waals surface area contributed by atoms with Gasteiger partial charge >= 0.3 is 6.03 Å². The average Bonchev–Trinajstić information content (AvgIpc) is 2.92. The predicted octanol–water partition coefficient (Wildman–Crippen LogP) is 2.19. The number of aromatic nitrogens is 2. The Labute approximate surface area is 125 Å². The Morgan fingerprint density at radius 3 is 2.75 bits per heavy atom. The number of amides is 3. The van der Waals surface area contributed by atoms with E-state index < -0.39 is 5.54 Å². The zero-order chi connectivity index (χ0) is 14.3. The number of hydrogen-bond donors (Lipinski definition) is 1. The van der Waals surface area contributed by atoms with E-state index in [4.69, 9.17) is 11.6 Å². The second-order valence-electron chi connectivity index (χ2n) is 5.58. The number of carbonyl (C=O) groups is 2. The van der Waals surface area contributed by atoms with Crippen molar-refractivity contribution in [1.82, 2.24) is 19.8 Å². The van der Waals surface area contributed by atoms with Gasteiger partial charge in [-0.3, -0.25) is 9.69 Å². The Balaban J connectivity index is 1.79. The molecule has 1 spiro atoms. The number of imide groups is 1. The molecule has 2 fully saturated rings. The third-order valence-corrected chi connectivity index (χ3v) is 5.18. The van der Waals surface area contributed by atoms with Gasteiger partial charge in [-0.15, -0.1) is 5.10 Å². The molecule has 0 bridgehead atoms. The molecule has 0 atom stereocenters. The number of rotatable bonds is 2. The van der Waals surface area contributed by atoms with Crippen LogP contribution in [0.2, 0.25) is 4.34 Å². The fraction of sp³-hybridized carbons (Fsp3) is 0.667. The molecule has 0 radical (unpaired) electrons. The minimum absolute atomic E-state index is 0.0945. The van der Waals surface area contributed by atoms with Crippen molar-refractivity contribution in [3.8, 4) is 0 Å². The third kappa shape index (κ3) is 2.18. The van der Waals surface area contributed by atoms with Crippen LogP contribution in [0.4, 0.5) is 4.79 Å². The van der Waals surface area contributed by atoms with Crippen molar-refractivity contribution in [2.75, 3.05) is 0 Å². The average molecular weight is 315 g/mol. The first-order valence-electron chi connectivity index (χ1n) is 6.63. The SMILES string of the molecule is CC1CCC2(CC1)NC(=O)N(Cc1nnsc1Cl)C2=O. The summed E-state index contributed by atoms with van der Waals surface area (Å²) in [6, 6.07) is -0.353. The van der Waals surface area contributed by atoms with Crippen molar-refractivity contribution in [3.05, 3.63) is 10.0 Å². The summed E-state index contributed by atoms with van der Waals surface area (Å²) in [5.74, 6) is 0.454. The van der Waals surface area contributed by atoms with Crippen LogP contribution in [0.3, 0.4) is 0 Å². The van der Waals surface area contributed by atoms with Gasteiger partial charge in [0.2, 0.25) is 0 Å². The lowest BCUT2D eigenvalue weighted by Gasteiger charge is -2.33. The van der Waals surface area contributed by atoms with E-state index in [1.165, 1.54) is 4.90 Å². The van der Waals surface area contributed by atoms with Crippen molar-refractivity contribution in [2.24, 2.45) is 5.92 Å². The maximum atomic E-state index is 12.6. The van der Waals surface area contributed by atoms with Crippen LogP contribution < -0.4 is 5.32 Å². The van der Waals surface area contributed by atoms with Gasteiger partial charge in [-0.05, 0) is 31.6 Å². The molecular weight excluding hydrogens is 300 g/mol. The molecule has 0 unspecified atom stereocenters. The van der Waals surface area contributed by atoms with Gasteiger partial charge in [-0.25, -0.2) is 4.79 Å². The van der Waals surface area contributed by atoms with E-state index in [0.29, 0.717) is 28.8 Å². The molecule has 8 heteroatoms. The van der Waals surface area contributed by atoms with Crippen LogP contribution in [0.5, 0.6) is 0 Å². The summed E-state index contributed by atoms with van der Waals surface area (Å²) in [6.45, 7) is 2.27. The van der Waals surface area contributed by atoms with E-state index in [2.05, 4.69) is 21.8 Å². The lowest BCUT2D eigenvalue weighted by atomic mass is 9.77. The number of nitrogens with zero attached hydrogens (tertiary/aromatic N) is 3. The van der Waals surface area contributed by atoms with E-state index in [0.717, 1.165) is 24.4 Å². The highest BCUT2D eigenvalue weighted by Gasteiger charge is 2.52. The quantitative estimate of drug-likeness (QED) is 0.849. The summed E-state index contributed by atoms with van der Waals surface area (Å²) in [6.07, 6.45) is 3.33. The second-order valence-corrected chi connectivity index (χ2v) is 6.94. The molecule has 6 nitrogen and oxygen atoms in total. The fourth-order valence-electron chi connectivity index (χ4n) is 2.85. The third-order valence-electron chi connectivity index (χ3n) is 4.19. The van der Waals surface area contributed by atoms with Crippen molar-refractivity contribution in [2.45, 2.75) is 44.7 Å². The van der Waals surface area contributed by atoms with Crippen molar-refractivity contribution in [3.63, 3.8) is 0 Å². The monoisotopic (exact) mass is 314 g/mol. The van der Waals surface area contributed by atoms with Crippen LogP contribution in [0.15, 0.2) is 0 Å². The van der Waals surface area contributed by atoms with Gasteiger partial charge in [0, 0.05) is 11.5 Å². The van der Waals surface area contributed by atoms with Gasteiger partial charge in [-0.1, -0.05) is 23.0 Å². The Morgan fingerprint density at radius 1 is 1.45 bits per heavy atom. The number of hydrogen-bond acceptors (Lipinski definition) is 5. The highest BCUT2D eigenvalue weighted by atomic mass is 35.5. The Hall–Kier alpha value is -1.21. The van der Waals surface area contributed by atoms with E-state index in [-0.39, 0.29) is 18.5 Å². The largest absolute Gasteiger partial charge is 0.325 e. The Morgan fingerprint density at radius 2 is 2.15 bits per heavy atom. The topological polar surface area (TPSA) is 75.2 Å². The van der Waals surface area contributed by atoms with Crippen LogP contribution >= 0.6 is 23.1 Å². The van der Waals surface area contributed by atoms with Gasteiger partial charge < -0.3 is 5.32 Å². The van der Waals surface area contributed by atoms with E-state index >= 15 is 0 Å². The molecule has 1 aromatic heterocycles. The molecular formula is C12H15ClN4O2S. The van der Waals surface area contributed by atoms with Gasteiger partial charge in [0.05, 0.1) is 6.54 Å². The summed E-state index contributed by atoms with van der Waals surface area (Å²) in [5, 5.41) is 6.73. The van der Waals surface area contributed by atoms with Crippen molar-refractivity contribution < 1.29 is 9.59 Å². The Kier molecular flexibility index (Phi) is 3.41. The van der Waals surface area contributed by atoms with Crippen molar-refractivity contribution >= 4 is 35.1 Å². The first-order valence-corrected chi connectivity index (χ1v) is 7.78. The minimum atomic E-state index is -0.709.